The number of fused-ring (bicyclic) bond motifs is 1. The lowest BCUT2D eigenvalue weighted by molar-refractivity contribution is 0.100. The molecular weight excluding hydrogens is 370 g/mol. The van der Waals surface area contributed by atoms with Crippen molar-refractivity contribution in [2.75, 3.05) is 18.5 Å². The molecule has 0 atom stereocenters. The predicted octanol–water partition coefficient (Wildman–Crippen LogP) is 1.28. The summed E-state index contributed by atoms with van der Waals surface area (Å²) in [5, 5.41) is 17.9. The highest BCUT2D eigenvalue weighted by Crippen LogP contribution is 2.38. The van der Waals surface area contributed by atoms with Crippen LogP contribution in [-0.2, 0) is 0 Å². The van der Waals surface area contributed by atoms with E-state index >= 15 is 0 Å². The highest BCUT2D eigenvalue weighted by atomic mass is 19.1. The van der Waals surface area contributed by atoms with Gasteiger partial charge < -0.3 is 20.7 Å². The summed E-state index contributed by atoms with van der Waals surface area (Å²) in [7, 11) is 0. The minimum Gasteiger partial charge on any atom is -0.395 e. The molecule has 144 valence electrons. The molecule has 0 bridgehead atoms. The monoisotopic (exact) mass is 386 g/mol. The second-order valence-electron chi connectivity index (χ2n) is 6.38. The first kappa shape index (κ1) is 17.9. The van der Waals surface area contributed by atoms with E-state index < -0.39 is 23.1 Å². The van der Waals surface area contributed by atoms with Crippen LogP contribution in [0.5, 0.6) is 0 Å². The highest BCUT2D eigenvalue weighted by Gasteiger charge is 2.27. The number of aromatic amines is 1. The van der Waals surface area contributed by atoms with Crippen molar-refractivity contribution in [2.24, 2.45) is 5.73 Å². The third kappa shape index (κ3) is 3.05. The third-order valence-electron chi connectivity index (χ3n) is 4.43. The summed E-state index contributed by atoms with van der Waals surface area (Å²) in [5.41, 5.74) is 5.27. The first-order valence-corrected chi connectivity index (χ1v) is 8.60. The number of nitrogens with zero attached hydrogens (tertiary/aromatic N) is 3. The van der Waals surface area contributed by atoms with Crippen molar-refractivity contribution in [2.45, 2.75) is 18.9 Å². The Morgan fingerprint density at radius 2 is 2.21 bits per heavy atom. The van der Waals surface area contributed by atoms with Crippen LogP contribution in [0, 0.1) is 23.5 Å². The van der Waals surface area contributed by atoms with Crippen molar-refractivity contribution >= 4 is 22.8 Å². The molecule has 1 saturated carbocycles. The Bertz CT molecular complexity index is 1140. The lowest BCUT2D eigenvalue weighted by Gasteiger charge is -2.03. The van der Waals surface area contributed by atoms with Crippen molar-refractivity contribution in [3.05, 3.63) is 40.8 Å². The van der Waals surface area contributed by atoms with Crippen LogP contribution in [0.3, 0.4) is 0 Å². The molecule has 0 spiro atoms. The number of benzene rings is 1. The second-order valence-corrected chi connectivity index (χ2v) is 6.38. The zero-order valence-electron chi connectivity index (χ0n) is 14.6. The standard InChI is InChI=1S/C18H16F2N6O2/c19-11-7-13-16(23-8-26(13)9-1-2-9)15(20)10(11)3-4-12-14(17(21)28)18(25-24-12)22-5-6-27/h7-9,27H,1-2,5-6H2,(H2,21,28)(H2,22,24,25). The zero-order chi connectivity index (χ0) is 19.8. The number of H-pyrrole nitrogens is 1. The highest BCUT2D eigenvalue weighted by molar-refractivity contribution is 5.99. The van der Waals surface area contributed by atoms with E-state index in [0.29, 0.717) is 5.52 Å². The van der Waals surface area contributed by atoms with Crippen LogP contribution in [0.25, 0.3) is 11.0 Å². The van der Waals surface area contributed by atoms with Gasteiger partial charge >= 0.3 is 0 Å². The minimum absolute atomic E-state index is 0.00958. The van der Waals surface area contributed by atoms with Gasteiger partial charge in [0.1, 0.15) is 22.6 Å². The van der Waals surface area contributed by atoms with Gasteiger partial charge in [0, 0.05) is 18.7 Å². The molecule has 2 heterocycles. The fourth-order valence-corrected chi connectivity index (χ4v) is 2.96. The molecule has 2 aromatic heterocycles. The summed E-state index contributed by atoms with van der Waals surface area (Å²) < 4.78 is 31.1. The molecule has 3 aromatic rings. The topological polar surface area (TPSA) is 122 Å². The fraction of sp³-hybridized carbons (Fsp3) is 0.278. The van der Waals surface area contributed by atoms with Crippen molar-refractivity contribution < 1.29 is 18.7 Å². The lowest BCUT2D eigenvalue weighted by atomic mass is 10.1. The Labute approximate surface area is 157 Å². The molecule has 1 amide bonds. The van der Waals surface area contributed by atoms with Gasteiger partial charge in [0.15, 0.2) is 11.6 Å². The number of halogens is 2. The van der Waals surface area contributed by atoms with Crippen LogP contribution in [0.1, 0.15) is 40.5 Å². The maximum atomic E-state index is 14.8. The Kier molecular flexibility index (Phi) is 4.44. The number of anilines is 1. The molecule has 1 aliphatic rings. The zero-order valence-corrected chi connectivity index (χ0v) is 14.6. The first-order valence-electron chi connectivity index (χ1n) is 8.60. The fourth-order valence-electron chi connectivity index (χ4n) is 2.96. The van der Waals surface area contributed by atoms with Gasteiger partial charge in [-0.3, -0.25) is 9.89 Å². The Balaban J connectivity index is 1.75. The maximum Gasteiger partial charge on any atom is 0.255 e. The molecule has 10 heteroatoms. The number of amides is 1. The number of aliphatic hydroxyl groups excluding tert-OH is 1. The molecular formula is C18H16F2N6O2. The summed E-state index contributed by atoms with van der Waals surface area (Å²) in [5.74, 6) is 2.51. The van der Waals surface area contributed by atoms with Crippen LogP contribution < -0.4 is 11.1 Å². The van der Waals surface area contributed by atoms with E-state index in [4.69, 9.17) is 10.8 Å². The predicted molar refractivity (Wildman–Crippen MR) is 96.6 cm³/mol. The first-order chi connectivity index (χ1) is 13.5. The number of rotatable bonds is 5. The maximum absolute atomic E-state index is 14.8. The molecule has 0 aliphatic heterocycles. The molecule has 0 unspecified atom stereocenters. The van der Waals surface area contributed by atoms with Crippen LogP contribution in [0.15, 0.2) is 12.4 Å². The average molecular weight is 386 g/mol. The number of hydrogen-bond acceptors (Lipinski definition) is 5. The van der Waals surface area contributed by atoms with Gasteiger partial charge in [-0.2, -0.15) is 5.10 Å². The summed E-state index contributed by atoms with van der Waals surface area (Å²) in [6.45, 7) is -0.0441. The Morgan fingerprint density at radius 3 is 2.89 bits per heavy atom. The number of aliphatic hydroxyl groups is 1. The summed E-state index contributed by atoms with van der Waals surface area (Å²) in [4.78, 5) is 15.7. The molecule has 28 heavy (non-hydrogen) atoms. The number of hydrogen-bond donors (Lipinski definition) is 4. The quantitative estimate of drug-likeness (QED) is 0.492. The molecule has 8 nitrogen and oxygen atoms in total. The molecule has 1 aliphatic carbocycles. The van der Waals surface area contributed by atoms with Crippen LogP contribution >= 0.6 is 0 Å². The van der Waals surface area contributed by atoms with Gasteiger partial charge in [-0.05, 0) is 18.8 Å². The van der Waals surface area contributed by atoms with Gasteiger partial charge in [-0.25, -0.2) is 13.8 Å². The van der Waals surface area contributed by atoms with Gasteiger partial charge in [0.05, 0.1) is 24.0 Å². The summed E-state index contributed by atoms with van der Waals surface area (Å²) >= 11 is 0. The van der Waals surface area contributed by atoms with Crippen LogP contribution in [0.2, 0.25) is 0 Å². The van der Waals surface area contributed by atoms with Gasteiger partial charge in [0.2, 0.25) is 0 Å². The summed E-state index contributed by atoms with van der Waals surface area (Å²) in [6.07, 6.45) is 3.42. The molecule has 4 rings (SSSR count). The second kappa shape index (κ2) is 6.94. The van der Waals surface area contributed by atoms with E-state index in [9.17, 15) is 13.6 Å². The van der Waals surface area contributed by atoms with Crippen molar-refractivity contribution in [3.8, 4) is 11.8 Å². The van der Waals surface area contributed by atoms with E-state index in [1.807, 2.05) is 0 Å². The third-order valence-corrected chi connectivity index (χ3v) is 4.43. The SMILES string of the molecule is NC(=O)c1c(NCCO)n[nH]c1C#Cc1c(F)cc2c(ncn2C2CC2)c1F. The van der Waals surface area contributed by atoms with Crippen molar-refractivity contribution in [3.63, 3.8) is 0 Å². The average Bonchev–Trinajstić information content (AvgIpc) is 3.28. The number of imidazole rings is 1. The Hall–Kier alpha value is -3.45. The van der Waals surface area contributed by atoms with E-state index in [1.165, 1.54) is 12.4 Å². The summed E-state index contributed by atoms with van der Waals surface area (Å²) in [6, 6.07) is 1.44. The number of nitrogens with one attached hydrogen (secondary N) is 2. The molecule has 1 fully saturated rings. The largest absolute Gasteiger partial charge is 0.395 e. The van der Waals surface area contributed by atoms with E-state index in [-0.39, 0.29) is 41.8 Å². The van der Waals surface area contributed by atoms with E-state index in [1.54, 1.807) is 4.57 Å². The van der Waals surface area contributed by atoms with Gasteiger partial charge in [0.25, 0.3) is 5.91 Å². The molecule has 0 saturated heterocycles. The normalized spacial score (nSPS) is 13.4. The number of aromatic nitrogens is 4. The van der Waals surface area contributed by atoms with Crippen molar-refractivity contribution in [1.82, 2.24) is 19.7 Å². The number of nitrogens with two attached hydrogens (primary N) is 1. The van der Waals surface area contributed by atoms with E-state index in [2.05, 4.69) is 32.3 Å². The van der Waals surface area contributed by atoms with Gasteiger partial charge in [-0.1, -0.05) is 5.92 Å². The van der Waals surface area contributed by atoms with Crippen LogP contribution in [-0.4, -0.2) is 43.9 Å². The Morgan fingerprint density at radius 1 is 1.43 bits per heavy atom. The smallest absolute Gasteiger partial charge is 0.255 e. The number of carbonyl (C=O) groups excluding carboxylic acids is 1. The van der Waals surface area contributed by atoms with Gasteiger partial charge in [-0.15, -0.1) is 0 Å². The number of carbonyl (C=O) groups is 1. The minimum atomic E-state index is -0.860. The van der Waals surface area contributed by atoms with Crippen molar-refractivity contribution in [1.29, 1.82) is 0 Å². The number of primary amides is 1. The van der Waals surface area contributed by atoms with Crippen LogP contribution in [0.4, 0.5) is 14.6 Å². The van der Waals surface area contributed by atoms with E-state index in [0.717, 1.165) is 12.8 Å². The molecule has 5 N–H and O–H groups in total. The molecule has 0 radical (unpaired) electrons. The lowest BCUT2D eigenvalue weighted by Crippen LogP contribution is -2.16. The molecule has 1 aromatic carbocycles.